The lowest BCUT2D eigenvalue weighted by molar-refractivity contribution is 0.940. The molecule has 0 amide bonds. The Bertz CT molecular complexity index is 536. The second-order valence-electron chi connectivity index (χ2n) is 3.94. The first kappa shape index (κ1) is 9.18. The molecular weight excluding hydrogens is 194 g/mol. The van der Waals surface area contributed by atoms with Crippen molar-refractivity contribution in [3.05, 3.63) is 65.0 Å². The minimum Gasteiger partial charge on any atom is -0.264 e. The van der Waals surface area contributed by atoms with E-state index in [1.165, 1.54) is 11.1 Å². The van der Waals surface area contributed by atoms with Gasteiger partial charge in [0.1, 0.15) is 0 Å². The van der Waals surface area contributed by atoms with Crippen molar-refractivity contribution in [2.45, 2.75) is 12.8 Å². The van der Waals surface area contributed by atoms with E-state index in [2.05, 4.69) is 35.0 Å². The van der Waals surface area contributed by atoms with Gasteiger partial charge in [-0.2, -0.15) is 0 Å². The summed E-state index contributed by atoms with van der Waals surface area (Å²) in [4.78, 5) is 4.16. The van der Waals surface area contributed by atoms with Crippen LogP contribution in [0.3, 0.4) is 0 Å². The van der Waals surface area contributed by atoms with Crippen LogP contribution in [0, 0.1) is 11.8 Å². The van der Waals surface area contributed by atoms with Crippen molar-refractivity contribution in [2.24, 2.45) is 0 Å². The Kier molecular flexibility index (Phi) is 2.19. The van der Waals surface area contributed by atoms with Gasteiger partial charge in [0.2, 0.25) is 0 Å². The molecule has 0 spiro atoms. The molecule has 0 aliphatic heterocycles. The van der Waals surface area contributed by atoms with Gasteiger partial charge in [-0.3, -0.25) is 4.98 Å². The van der Waals surface area contributed by atoms with E-state index in [0.717, 1.165) is 24.0 Å². The molecule has 1 aliphatic carbocycles. The smallest absolute Gasteiger partial charge is 0.0312 e. The molecule has 0 N–H and O–H groups in total. The molecule has 0 radical (unpaired) electrons. The Morgan fingerprint density at radius 3 is 2.56 bits per heavy atom. The molecule has 76 valence electrons. The lowest BCUT2D eigenvalue weighted by atomic mass is 9.96. The number of hydrogen-bond acceptors (Lipinski definition) is 1. The van der Waals surface area contributed by atoms with Gasteiger partial charge in [-0.15, -0.1) is 0 Å². The Hall–Kier alpha value is -2.07. The van der Waals surface area contributed by atoms with Gasteiger partial charge in [-0.1, -0.05) is 30.0 Å². The number of fused-ring (bicyclic) bond motifs is 2. The van der Waals surface area contributed by atoms with Crippen LogP contribution in [0.15, 0.2) is 42.7 Å². The van der Waals surface area contributed by atoms with E-state index in [1.54, 1.807) is 6.20 Å². The van der Waals surface area contributed by atoms with Crippen molar-refractivity contribution in [3.63, 3.8) is 0 Å². The third-order valence-corrected chi connectivity index (χ3v) is 2.92. The topological polar surface area (TPSA) is 12.9 Å². The first-order valence-electron chi connectivity index (χ1n) is 5.46. The normalized spacial score (nSPS) is 12.5. The number of pyridine rings is 1. The zero-order valence-electron chi connectivity index (χ0n) is 8.90. The lowest BCUT2D eigenvalue weighted by Gasteiger charge is -2.09. The van der Waals surface area contributed by atoms with Crippen molar-refractivity contribution >= 4 is 0 Å². The van der Waals surface area contributed by atoms with Gasteiger partial charge in [-0.25, -0.2) is 0 Å². The highest BCUT2D eigenvalue weighted by molar-refractivity contribution is 5.50. The highest BCUT2D eigenvalue weighted by Gasteiger charge is 2.06. The van der Waals surface area contributed by atoms with E-state index in [9.17, 15) is 0 Å². The van der Waals surface area contributed by atoms with Crippen molar-refractivity contribution in [1.29, 1.82) is 0 Å². The zero-order valence-corrected chi connectivity index (χ0v) is 8.90. The molecule has 1 aromatic carbocycles. The van der Waals surface area contributed by atoms with Crippen LogP contribution in [0.1, 0.15) is 22.3 Å². The maximum Gasteiger partial charge on any atom is 0.0312 e. The largest absolute Gasteiger partial charge is 0.264 e. The van der Waals surface area contributed by atoms with Crippen LogP contribution in [-0.4, -0.2) is 4.98 Å². The summed E-state index contributed by atoms with van der Waals surface area (Å²) in [5.41, 5.74) is 4.86. The molecule has 0 saturated carbocycles. The summed E-state index contributed by atoms with van der Waals surface area (Å²) in [7, 11) is 0. The molecule has 3 rings (SSSR count). The van der Waals surface area contributed by atoms with Crippen LogP contribution >= 0.6 is 0 Å². The van der Waals surface area contributed by atoms with Gasteiger partial charge >= 0.3 is 0 Å². The average Bonchev–Trinajstić information content (AvgIpc) is 2.32. The van der Waals surface area contributed by atoms with Crippen molar-refractivity contribution < 1.29 is 0 Å². The van der Waals surface area contributed by atoms with E-state index < -0.39 is 0 Å². The van der Waals surface area contributed by atoms with E-state index in [1.807, 2.05) is 18.3 Å². The zero-order chi connectivity index (χ0) is 10.8. The monoisotopic (exact) mass is 205 g/mol. The lowest BCUT2D eigenvalue weighted by Crippen LogP contribution is -2.00. The number of hydrogen-bond donors (Lipinski definition) is 0. The Morgan fingerprint density at radius 1 is 0.875 bits per heavy atom. The summed E-state index contributed by atoms with van der Waals surface area (Å²) in [5.74, 6) is 6.47. The fraction of sp³-hybridized carbons (Fsp3) is 0.133. The number of rotatable bonds is 0. The fourth-order valence-corrected chi connectivity index (χ4v) is 2.01. The summed E-state index contributed by atoms with van der Waals surface area (Å²) in [6.07, 6.45) is 5.80. The highest BCUT2D eigenvalue weighted by Crippen LogP contribution is 2.16. The maximum absolute atomic E-state index is 4.16. The molecule has 0 unspecified atom stereocenters. The Labute approximate surface area is 95.2 Å². The van der Waals surface area contributed by atoms with E-state index >= 15 is 0 Å². The quantitative estimate of drug-likeness (QED) is 0.602. The van der Waals surface area contributed by atoms with Gasteiger partial charge < -0.3 is 0 Å². The number of benzene rings is 1. The molecule has 0 bridgehead atoms. The first-order valence-corrected chi connectivity index (χ1v) is 5.46. The van der Waals surface area contributed by atoms with Crippen molar-refractivity contribution in [2.75, 3.05) is 0 Å². The molecule has 0 atom stereocenters. The van der Waals surface area contributed by atoms with Gasteiger partial charge in [0.25, 0.3) is 0 Å². The maximum atomic E-state index is 4.16. The molecule has 16 heavy (non-hydrogen) atoms. The van der Waals surface area contributed by atoms with Gasteiger partial charge in [-0.05, 0) is 36.1 Å². The number of nitrogens with zero attached hydrogens (tertiary/aromatic N) is 1. The second kappa shape index (κ2) is 3.83. The summed E-state index contributed by atoms with van der Waals surface area (Å²) in [5, 5.41) is 0. The molecule has 1 aromatic heterocycles. The molecule has 2 aromatic rings. The molecule has 1 aliphatic rings. The first-order chi connectivity index (χ1) is 7.93. The van der Waals surface area contributed by atoms with Crippen LogP contribution in [0.4, 0.5) is 0 Å². The minimum absolute atomic E-state index is 1.02. The summed E-state index contributed by atoms with van der Waals surface area (Å²) in [6.45, 7) is 0. The molecule has 0 saturated heterocycles. The van der Waals surface area contributed by atoms with Gasteiger partial charge in [0.15, 0.2) is 0 Å². The van der Waals surface area contributed by atoms with Crippen LogP contribution < -0.4 is 0 Å². The van der Waals surface area contributed by atoms with Crippen LogP contribution in [0.25, 0.3) is 0 Å². The third kappa shape index (κ3) is 1.59. The standard InChI is InChI=1S/C15H11N/c1-2-4-13-7-8-15-11-16-10-9-14(15)6-5-12(13)3-1/h1-4,9-11H,7-8H2. The number of aromatic nitrogens is 1. The van der Waals surface area contributed by atoms with Crippen molar-refractivity contribution in [1.82, 2.24) is 4.98 Å². The Balaban J connectivity index is 2.16. The van der Waals surface area contributed by atoms with E-state index in [-0.39, 0.29) is 0 Å². The molecule has 1 nitrogen and oxygen atoms in total. The van der Waals surface area contributed by atoms with Crippen LogP contribution in [0.5, 0.6) is 0 Å². The van der Waals surface area contributed by atoms with E-state index in [0.29, 0.717) is 0 Å². The molecule has 1 heterocycles. The third-order valence-electron chi connectivity index (χ3n) is 2.92. The summed E-state index contributed by atoms with van der Waals surface area (Å²) in [6, 6.07) is 10.4. The summed E-state index contributed by atoms with van der Waals surface area (Å²) >= 11 is 0. The number of aryl methyl sites for hydroxylation is 2. The van der Waals surface area contributed by atoms with Crippen molar-refractivity contribution in [3.8, 4) is 11.8 Å². The predicted octanol–water partition coefficient (Wildman–Crippen LogP) is 2.58. The SMILES string of the molecule is C1#Cc2ccncc2CCc2ccccc21. The van der Waals surface area contributed by atoms with Gasteiger partial charge in [0, 0.05) is 23.5 Å². The fourth-order valence-electron chi connectivity index (χ4n) is 2.01. The van der Waals surface area contributed by atoms with Crippen LogP contribution in [-0.2, 0) is 12.8 Å². The minimum atomic E-state index is 1.02. The molecular formula is C15H11N. The molecule has 1 heteroatoms. The molecule has 0 fully saturated rings. The second-order valence-corrected chi connectivity index (χ2v) is 3.94. The highest BCUT2D eigenvalue weighted by atomic mass is 14.6. The van der Waals surface area contributed by atoms with Crippen LogP contribution in [0.2, 0.25) is 0 Å². The van der Waals surface area contributed by atoms with Gasteiger partial charge in [0.05, 0.1) is 0 Å². The Morgan fingerprint density at radius 2 is 1.62 bits per heavy atom. The average molecular weight is 205 g/mol. The summed E-state index contributed by atoms with van der Waals surface area (Å²) < 4.78 is 0. The predicted molar refractivity (Wildman–Crippen MR) is 64.1 cm³/mol. The van der Waals surface area contributed by atoms with E-state index in [4.69, 9.17) is 0 Å².